The third-order valence-electron chi connectivity index (χ3n) is 5.49. The first kappa shape index (κ1) is 18.9. The average Bonchev–Trinajstić information content (AvgIpc) is 3.30. The van der Waals surface area contributed by atoms with Crippen molar-refractivity contribution in [3.05, 3.63) is 81.1 Å². The zero-order chi connectivity index (χ0) is 21.4. The highest BCUT2D eigenvalue weighted by Crippen LogP contribution is 2.32. The van der Waals surface area contributed by atoms with Gasteiger partial charge in [-0.2, -0.15) is 4.98 Å². The van der Waals surface area contributed by atoms with Gasteiger partial charge in [0.25, 0.3) is 0 Å². The van der Waals surface area contributed by atoms with Crippen LogP contribution in [0.5, 0.6) is 0 Å². The molecule has 0 unspecified atom stereocenters. The van der Waals surface area contributed by atoms with E-state index in [2.05, 4.69) is 15.1 Å². The molecule has 4 aromatic rings. The number of piperidine rings is 1. The van der Waals surface area contributed by atoms with Crippen molar-refractivity contribution in [2.24, 2.45) is 0 Å². The van der Waals surface area contributed by atoms with Gasteiger partial charge in [-0.25, -0.2) is 4.98 Å². The molecule has 5 rings (SSSR count). The lowest BCUT2D eigenvalue weighted by atomic mass is 9.96. The van der Waals surface area contributed by atoms with Crippen molar-refractivity contribution in [2.75, 3.05) is 18.0 Å². The van der Waals surface area contributed by atoms with Gasteiger partial charge in [0, 0.05) is 30.8 Å². The lowest BCUT2D eigenvalue weighted by Gasteiger charge is -2.30. The van der Waals surface area contributed by atoms with Crippen LogP contribution in [0, 0.1) is 10.1 Å². The number of aromatic nitrogens is 4. The van der Waals surface area contributed by atoms with Crippen molar-refractivity contribution < 1.29 is 9.45 Å². The van der Waals surface area contributed by atoms with Crippen molar-refractivity contribution in [2.45, 2.75) is 18.8 Å². The highest BCUT2D eigenvalue weighted by molar-refractivity contribution is 5.61. The van der Waals surface area contributed by atoms with Gasteiger partial charge < -0.3 is 9.42 Å². The molecule has 4 heterocycles. The van der Waals surface area contributed by atoms with Crippen LogP contribution >= 0.6 is 0 Å². The molecule has 10 nitrogen and oxygen atoms in total. The number of nitro groups is 1. The fraction of sp³-hybridized carbons (Fsp3) is 0.238. The van der Waals surface area contributed by atoms with Crippen molar-refractivity contribution in [3.63, 3.8) is 0 Å². The van der Waals surface area contributed by atoms with Crippen molar-refractivity contribution in [1.29, 1.82) is 0 Å². The van der Waals surface area contributed by atoms with E-state index < -0.39 is 16.2 Å². The summed E-state index contributed by atoms with van der Waals surface area (Å²) < 4.78 is 6.67. The number of rotatable bonds is 4. The first-order valence-electron chi connectivity index (χ1n) is 9.91. The fourth-order valence-corrected chi connectivity index (χ4v) is 3.89. The summed E-state index contributed by atoms with van der Waals surface area (Å²) in [6.45, 7) is 0.980. The van der Waals surface area contributed by atoms with Crippen LogP contribution in [0.3, 0.4) is 0 Å². The predicted molar refractivity (Wildman–Crippen MR) is 112 cm³/mol. The van der Waals surface area contributed by atoms with Gasteiger partial charge in [0.05, 0.1) is 4.92 Å². The van der Waals surface area contributed by atoms with Gasteiger partial charge in [0.15, 0.2) is 0 Å². The van der Waals surface area contributed by atoms with Crippen LogP contribution in [0.2, 0.25) is 0 Å². The lowest BCUT2D eigenvalue weighted by molar-refractivity contribution is -0.385. The second kappa shape index (κ2) is 7.63. The van der Waals surface area contributed by atoms with E-state index in [-0.39, 0.29) is 11.7 Å². The number of pyridine rings is 1. The van der Waals surface area contributed by atoms with E-state index in [0.717, 1.165) is 5.56 Å². The Hall–Kier alpha value is -4.08. The number of benzene rings is 1. The number of hydrogen-bond acceptors (Lipinski definition) is 8. The Bertz CT molecular complexity index is 1310. The summed E-state index contributed by atoms with van der Waals surface area (Å²) in [7, 11) is 0. The van der Waals surface area contributed by atoms with E-state index in [9.17, 15) is 14.9 Å². The smallest absolute Gasteiger partial charge is 0.351 e. The van der Waals surface area contributed by atoms with Crippen molar-refractivity contribution in [1.82, 2.24) is 19.5 Å². The first-order valence-corrected chi connectivity index (χ1v) is 9.91. The number of anilines is 1. The zero-order valence-electron chi connectivity index (χ0n) is 16.4. The molecule has 1 fully saturated rings. The monoisotopic (exact) mass is 418 g/mol. The Labute approximate surface area is 175 Å². The van der Waals surface area contributed by atoms with E-state index in [1.165, 1.54) is 10.6 Å². The van der Waals surface area contributed by atoms with Gasteiger partial charge in [-0.1, -0.05) is 41.6 Å². The Balaban J connectivity index is 1.39. The summed E-state index contributed by atoms with van der Waals surface area (Å²) in [4.78, 5) is 34.4. The molecule has 31 heavy (non-hydrogen) atoms. The van der Waals surface area contributed by atoms with Crippen LogP contribution in [-0.4, -0.2) is 37.5 Å². The van der Waals surface area contributed by atoms with Crippen molar-refractivity contribution in [3.8, 4) is 11.4 Å². The molecular weight excluding hydrogens is 400 g/mol. The molecule has 1 aliphatic heterocycles. The molecule has 10 heteroatoms. The molecule has 156 valence electrons. The molecule has 0 saturated carbocycles. The molecule has 0 N–H and O–H groups in total. The molecule has 0 radical (unpaired) electrons. The first-order chi connectivity index (χ1) is 15.1. The Morgan fingerprint density at radius 3 is 2.52 bits per heavy atom. The van der Waals surface area contributed by atoms with E-state index in [1.54, 1.807) is 23.1 Å². The predicted octanol–water partition coefficient (Wildman–Crippen LogP) is 3.04. The third-order valence-corrected chi connectivity index (χ3v) is 5.49. The Kier molecular flexibility index (Phi) is 4.66. The van der Waals surface area contributed by atoms with Crippen LogP contribution in [0.15, 0.2) is 64.0 Å². The average molecular weight is 418 g/mol. The van der Waals surface area contributed by atoms with E-state index in [0.29, 0.717) is 43.3 Å². The molecule has 1 saturated heterocycles. The highest BCUT2D eigenvalue weighted by atomic mass is 16.6. The maximum atomic E-state index is 12.7. The summed E-state index contributed by atoms with van der Waals surface area (Å²) >= 11 is 0. The Morgan fingerprint density at radius 1 is 1.03 bits per heavy atom. The summed E-state index contributed by atoms with van der Waals surface area (Å²) in [5.74, 6) is 1.24. The summed E-state index contributed by atoms with van der Waals surface area (Å²) in [6, 6.07) is 14.6. The van der Waals surface area contributed by atoms with Gasteiger partial charge in [-0.3, -0.25) is 19.3 Å². The van der Waals surface area contributed by atoms with Crippen LogP contribution in [0.1, 0.15) is 24.7 Å². The largest absolute Gasteiger partial charge is 0.376 e. The zero-order valence-corrected chi connectivity index (χ0v) is 16.4. The van der Waals surface area contributed by atoms with Crippen LogP contribution in [0.4, 0.5) is 11.5 Å². The molecule has 1 aromatic carbocycles. The molecule has 3 aromatic heterocycles. The standard InChI is InChI=1S/C21H18N6O4/c28-21-17(27(29)30)19(22-16-8-4-5-11-26(16)21)25-12-9-15(10-13-25)20-23-18(24-31-20)14-6-2-1-3-7-14/h1-8,11,15H,9-10,12-13H2. The topological polar surface area (TPSA) is 120 Å². The number of hydrogen-bond donors (Lipinski definition) is 0. The molecule has 0 atom stereocenters. The van der Waals surface area contributed by atoms with Gasteiger partial charge in [-0.05, 0) is 25.0 Å². The van der Waals surface area contributed by atoms with Gasteiger partial charge in [0.2, 0.25) is 17.5 Å². The minimum Gasteiger partial charge on any atom is -0.351 e. The lowest BCUT2D eigenvalue weighted by Crippen LogP contribution is -2.36. The van der Waals surface area contributed by atoms with Crippen LogP contribution in [-0.2, 0) is 0 Å². The Morgan fingerprint density at radius 2 is 1.77 bits per heavy atom. The molecule has 0 spiro atoms. The van der Waals surface area contributed by atoms with E-state index >= 15 is 0 Å². The maximum absolute atomic E-state index is 12.7. The third kappa shape index (κ3) is 3.41. The SMILES string of the molecule is O=c1c([N+](=O)[O-])c(N2CCC(c3nc(-c4ccccc4)no3)CC2)nc2ccccn12. The van der Waals surface area contributed by atoms with Crippen LogP contribution in [0.25, 0.3) is 17.0 Å². The minimum atomic E-state index is -0.683. The van der Waals surface area contributed by atoms with Crippen molar-refractivity contribution >= 4 is 17.2 Å². The molecule has 0 bridgehead atoms. The highest BCUT2D eigenvalue weighted by Gasteiger charge is 2.32. The van der Waals surface area contributed by atoms with E-state index in [1.807, 2.05) is 30.3 Å². The van der Waals surface area contributed by atoms with E-state index in [4.69, 9.17) is 4.52 Å². The summed E-state index contributed by atoms with van der Waals surface area (Å²) in [6.07, 6.45) is 2.79. The molecular formula is C21H18N6O4. The quantitative estimate of drug-likeness (QED) is 0.366. The maximum Gasteiger partial charge on any atom is 0.376 e. The molecule has 1 aliphatic rings. The second-order valence-corrected chi connectivity index (χ2v) is 7.36. The summed E-state index contributed by atoms with van der Waals surface area (Å²) in [5, 5.41) is 15.7. The minimum absolute atomic E-state index is 0.0434. The van der Waals surface area contributed by atoms with Gasteiger partial charge >= 0.3 is 11.2 Å². The van der Waals surface area contributed by atoms with Gasteiger partial charge in [0.1, 0.15) is 5.65 Å². The number of nitrogens with zero attached hydrogens (tertiary/aromatic N) is 6. The summed E-state index contributed by atoms with van der Waals surface area (Å²) in [5.41, 5.74) is 0.0643. The molecule has 0 amide bonds. The van der Waals surface area contributed by atoms with Gasteiger partial charge in [-0.15, -0.1) is 0 Å². The number of fused-ring (bicyclic) bond motifs is 1. The molecule has 0 aliphatic carbocycles. The fourth-order valence-electron chi connectivity index (χ4n) is 3.89. The second-order valence-electron chi connectivity index (χ2n) is 7.36. The normalized spacial score (nSPS) is 14.8. The van der Waals surface area contributed by atoms with Crippen LogP contribution < -0.4 is 10.5 Å².